The fourth-order valence-electron chi connectivity index (χ4n) is 4.74. The van der Waals surface area contributed by atoms with Crippen LogP contribution in [0.3, 0.4) is 0 Å². The van der Waals surface area contributed by atoms with E-state index in [1.54, 1.807) is 7.11 Å². The topological polar surface area (TPSA) is 35.5 Å². The molecule has 1 spiro atoms. The number of hydrogen-bond acceptors (Lipinski definition) is 3. The van der Waals surface area contributed by atoms with Crippen molar-refractivity contribution in [2.45, 2.75) is 37.2 Å². The van der Waals surface area contributed by atoms with Crippen LogP contribution >= 0.6 is 0 Å². The van der Waals surface area contributed by atoms with Gasteiger partial charge in [0, 0.05) is 11.8 Å². The molecule has 4 rings (SSSR count). The summed E-state index contributed by atoms with van der Waals surface area (Å²) in [5.41, 5.74) is 2.54. The van der Waals surface area contributed by atoms with Gasteiger partial charge >= 0.3 is 0 Å². The van der Waals surface area contributed by atoms with Crippen LogP contribution in [0.25, 0.3) is 0 Å². The summed E-state index contributed by atoms with van der Waals surface area (Å²) in [6.07, 6.45) is 5.38. The Balaban J connectivity index is 1.80. The highest BCUT2D eigenvalue weighted by molar-refractivity contribution is 5.60. The molecule has 3 heteroatoms. The average Bonchev–Trinajstić information content (AvgIpc) is 2.72. The van der Waals surface area contributed by atoms with Gasteiger partial charge in [0.2, 0.25) is 0 Å². The van der Waals surface area contributed by atoms with Crippen molar-refractivity contribution in [1.82, 2.24) is 0 Å². The lowest BCUT2D eigenvalue weighted by Gasteiger charge is -2.47. The van der Waals surface area contributed by atoms with Crippen molar-refractivity contribution in [2.24, 2.45) is 11.8 Å². The van der Waals surface area contributed by atoms with Crippen molar-refractivity contribution in [3.63, 3.8) is 0 Å². The van der Waals surface area contributed by atoms with E-state index in [0.717, 1.165) is 38.0 Å². The molecule has 3 aliphatic rings. The molecule has 20 heavy (non-hydrogen) atoms. The van der Waals surface area contributed by atoms with Crippen LogP contribution in [-0.4, -0.2) is 25.6 Å². The normalized spacial score (nSPS) is 38.0. The molecule has 1 heterocycles. The smallest absolute Gasteiger partial charge is 0.126 e. The minimum absolute atomic E-state index is 0.0940. The monoisotopic (exact) mass is 272 g/mol. The highest BCUT2D eigenvalue weighted by Gasteiger charge is 2.58. The highest BCUT2D eigenvalue weighted by atomic mass is 16.5. The average molecular weight is 272 g/mol. The molecule has 1 aromatic rings. The van der Waals surface area contributed by atoms with E-state index >= 15 is 0 Å². The predicted octanol–water partition coefficient (Wildman–Crippen LogP) is 2.72. The summed E-state index contributed by atoms with van der Waals surface area (Å²) >= 11 is 0. The van der Waals surface area contributed by atoms with E-state index in [1.807, 2.05) is 6.07 Å². The molecule has 1 saturated carbocycles. The Kier molecular flexibility index (Phi) is 2.68. The molecule has 1 aliphatic heterocycles. The van der Waals surface area contributed by atoms with Gasteiger partial charge in [-0.3, -0.25) is 0 Å². The number of ether oxygens (including phenoxy) is 2. The van der Waals surface area contributed by atoms with Gasteiger partial charge in [-0.15, -0.1) is 0 Å². The summed E-state index contributed by atoms with van der Waals surface area (Å²) < 4.78 is 11.6. The van der Waals surface area contributed by atoms with Gasteiger partial charge in [-0.25, -0.2) is 0 Å². The molecule has 4 atom stereocenters. The third-order valence-corrected chi connectivity index (χ3v) is 5.71. The van der Waals surface area contributed by atoms with Crippen molar-refractivity contribution >= 4 is 6.29 Å². The molecule has 106 valence electrons. The molecular formula is C17H20O3. The summed E-state index contributed by atoms with van der Waals surface area (Å²) in [6, 6.07) is 6.37. The van der Waals surface area contributed by atoms with Crippen LogP contribution in [0.1, 0.15) is 36.3 Å². The first-order chi connectivity index (χ1) is 9.78. The largest absolute Gasteiger partial charge is 0.497 e. The van der Waals surface area contributed by atoms with Gasteiger partial charge < -0.3 is 14.3 Å². The van der Waals surface area contributed by atoms with Crippen LogP contribution in [-0.2, 0) is 16.0 Å². The first-order valence-electron chi connectivity index (χ1n) is 7.54. The van der Waals surface area contributed by atoms with Gasteiger partial charge in [0.05, 0.1) is 19.3 Å². The van der Waals surface area contributed by atoms with Crippen LogP contribution < -0.4 is 4.74 Å². The van der Waals surface area contributed by atoms with Crippen LogP contribution in [0.4, 0.5) is 0 Å². The maximum atomic E-state index is 11.6. The summed E-state index contributed by atoms with van der Waals surface area (Å²) in [7, 11) is 1.71. The molecule has 3 nitrogen and oxygen atoms in total. The second-order valence-corrected chi connectivity index (χ2v) is 6.38. The minimum atomic E-state index is -0.216. The summed E-state index contributed by atoms with van der Waals surface area (Å²) in [5.74, 6) is 1.85. The minimum Gasteiger partial charge on any atom is -0.497 e. The van der Waals surface area contributed by atoms with Crippen molar-refractivity contribution < 1.29 is 14.3 Å². The Labute approximate surface area is 119 Å². The van der Waals surface area contributed by atoms with E-state index < -0.39 is 0 Å². The number of benzene rings is 1. The third kappa shape index (κ3) is 1.47. The number of aldehydes is 1. The standard InChI is InChI=1S/C17H20O3/c1-19-13-3-4-14-11(8-13)6-7-17-15(14)5-2-12(10-20-17)16(17)9-18/h3-4,8-9,12,15-16H,2,5-7,10H2,1H3/t12-,15-,16+,17-/m1/s1. The van der Waals surface area contributed by atoms with E-state index in [1.165, 1.54) is 17.4 Å². The molecule has 2 fully saturated rings. The van der Waals surface area contributed by atoms with E-state index in [9.17, 15) is 4.79 Å². The molecular weight excluding hydrogens is 252 g/mol. The molecule has 1 saturated heterocycles. The lowest BCUT2D eigenvalue weighted by molar-refractivity contribution is -0.123. The number of carbonyl (C=O) groups is 1. The maximum Gasteiger partial charge on any atom is 0.126 e. The molecule has 0 radical (unpaired) electrons. The van der Waals surface area contributed by atoms with Crippen LogP contribution in [0.5, 0.6) is 5.75 Å². The lowest BCUT2D eigenvalue weighted by atomic mass is 9.59. The second kappa shape index (κ2) is 4.32. The SMILES string of the molecule is COc1ccc2c(c1)CC[C@@]13OC[C@@H](CC[C@H]21)[C@@H]3C=O. The predicted molar refractivity (Wildman–Crippen MR) is 75.0 cm³/mol. The number of rotatable bonds is 2. The Morgan fingerprint density at radius 3 is 3.10 bits per heavy atom. The van der Waals surface area contributed by atoms with Gasteiger partial charge in [0.25, 0.3) is 0 Å². The molecule has 2 aliphatic carbocycles. The molecule has 1 aromatic carbocycles. The van der Waals surface area contributed by atoms with Crippen molar-refractivity contribution in [3.8, 4) is 5.75 Å². The Bertz CT molecular complexity index is 553. The van der Waals surface area contributed by atoms with Gasteiger partial charge in [0.1, 0.15) is 12.0 Å². The lowest BCUT2D eigenvalue weighted by Crippen LogP contribution is -2.49. The van der Waals surface area contributed by atoms with E-state index in [-0.39, 0.29) is 11.5 Å². The Hall–Kier alpha value is -1.35. The van der Waals surface area contributed by atoms with E-state index in [2.05, 4.69) is 12.1 Å². The van der Waals surface area contributed by atoms with Crippen molar-refractivity contribution in [2.75, 3.05) is 13.7 Å². The van der Waals surface area contributed by atoms with Crippen LogP contribution in [0, 0.1) is 11.8 Å². The zero-order valence-electron chi connectivity index (χ0n) is 11.8. The van der Waals surface area contributed by atoms with Gasteiger partial charge in [0.15, 0.2) is 0 Å². The Morgan fingerprint density at radius 1 is 1.40 bits per heavy atom. The second-order valence-electron chi connectivity index (χ2n) is 6.38. The molecule has 0 amide bonds. The summed E-state index contributed by atoms with van der Waals surface area (Å²) in [6.45, 7) is 0.769. The van der Waals surface area contributed by atoms with Gasteiger partial charge in [-0.1, -0.05) is 6.07 Å². The zero-order valence-corrected chi connectivity index (χ0v) is 11.8. The first-order valence-corrected chi connectivity index (χ1v) is 7.54. The number of fused-ring (bicyclic) bond motifs is 3. The number of aryl methyl sites for hydroxylation is 1. The fourth-order valence-corrected chi connectivity index (χ4v) is 4.74. The van der Waals surface area contributed by atoms with Gasteiger partial charge in [-0.05, 0) is 54.9 Å². The van der Waals surface area contributed by atoms with Gasteiger partial charge in [-0.2, -0.15) is 0 Å². The van der Waals surface area contributed by atoms with E-state index in [0.29, 0.717) is 11.8 Å². The van der Waals surface area contributed by atoms with Crippen molar-refractivity contribution in [1.29, 1.82) is 0 Å². The molecule has 0 unspecified atom stereocenters. The fraction of sp³-hybridized carbons (Fsp3) is 0.588. The van der Waals surface area contributed by atoms with Crippen LogP contribution in [0.15, 0.2) is 18.2 Å². The molecule has 0 N–H and O–H groups in total. The quantitative estimate of drug-likeness (QED) is 0.777. The summed E-state index contributed by atoms with van der Waals surface area (Å²) in [5, 5.41) is 0. The van der Waals surface area contributed by atoms with E-state index in [4.69, 9.17) is 9.47 Å². The number of hydrogen-bond donors (Lipinski definition) is 0. The summed E-state index contributed by atoms with van der Waals surface area (Å²) in [4.78, 5) is 11.6. The van der Waals surface area contributed by atoms with Crippen molar-refractivity contribution in [3.05, 3.63) is 29.3 Å². The zero-order chi connectivity index (χ0) is 13.7. The maximum absolute atomic E-state index is 11.6. The first kappa shape index (κ1) is 12.4. The highest BCUT2D eigenvalue weighted by Crippen LogP contribution is 2.58. The third-order valence-electron chi connectivity index (χ3n) is 5.71. The Morgan fingerprint density at radius 2 is 2.30 bits per heavy atom. The van der Waals surface area contributed by atoms with Crippen LogP contribution in [0.2, 0.25) is 0 Å². The molecule has 0 aromatic heterocycles. The molecule has 2 bridgehead atoms. The number of methoxy groups -OCH3 is 1. The number of carbonyl (C=O) groups excluding carboxylic acids is 1.